The first-order valence-electron chi connectivity index (χ1n) is 10.1. The normalized spacial score (nSPS) is 14.3. The van der Waals surface area contributed by atoms with Crippen molar-refractivity contribution in [3.63, 3.8) is 0 Å². The molecule has 2 aromatic carbocycles. The molecule has 3 rings (SSSR count). The van der Waals surface area contributed by atoms with Gasteiger partial charge >= 0.3 is 0 Å². The molecule has 5 heteroatoms. The highest BCUT2D eigenvalue weighted by molar-refractivity contribution is 8.04. The van der Waals surface area contributed by atoms with E-state index in [1.807, 2.05) is 55.5 Å². The molecule has 1 aliphatic rings. The summed E-state index contributed by atoms with van der Waals surface area (Å²) in [5.74, 6) is 1.35. The van der Waals surface area contributed by atoms with Gasteiger partial charge in [-0.25, -0.2) is 4.90 Å². The van der Waals surface area contributed by atoms with Crippen LogP contribution in [0.15, 0.2) is 53.4 Å². The van der Waals surface area contributed by atoms with Crippen LogP contribution >= 0.6 is 11.8 Å². The average Bonchev–Trinajstić information content (AvgIpc) is 2.97. The van der Waals surface area contributed by atoms with Crippen LogP contribution in [0, 0.1) is 0 Å². The number of imide groups is 1. The lowest BCUT2D eigenvalue weighted by Crippen LogP contribution is -2.31. The monoisotopic (exact) mass is 409 g/mol. The highest BCUT2D eigenvalue weighted by atomic mass is 32.2. The molecule has 29 heavy (non-hydrogen) atoms. The molecule has 0 atom stereocenters. The molecule has 0 fully saturated rings. The average molecular weight is 410 g/mol. The van der Waals surface area contributed by atoms with Gasteiger partial charge in [-0.05, 0) is 53.5 Å². The van der Waals surface area contributed by atoms with Crippen molar-refractivity contribution in [3.05, 3.63) is 64.6 Å². The Bertz CT molecular complexity index is 914. The molecular weight excluding hydrogens is 382 g/mol. The van der Waals surface area contributed by atoms with E-state index in [0.717, 1.165) is 23.5 Å². The molecule has 0 aromatic heterocycles. The topological polar surface area (TPSA) is 46.6 Å². The molecule has 4 nitrogen and oxygen atoms in total. The number of rotatable bonds is 8. The lowest BCUT2D eigenvalue weighted by atomic mass is 10.0. The van der Waals surface area contributed by atoms with E-state index in [-0.39, 0.29) is 11.8 Å². The molecule has 152 valence electrons. The largest absolute Gasteiger partial charge is 0.494 e. The third-order valence-corrected chi connectivity index (χ3v) is 5.72. The van der Waals surface area contributed by atoms with Crippen LogP contribution in [0.5, 0.6) is 5.75 Å². The van der Waals surface area contributed by atoms with Crippen molar-refractivity contribution < 1.29 is 14.3 Å². The summed E-state index contributed by atoms with van der Waals surface area (Å²) in [6.07, 6.45) is 0.932. The molecular formula is C24H27NO3S. The van der Waals surface area contributed by atoms with E-state index in [4.69, 9.17) is 4.74 Å². The summed E-state index contributed by atoms with van der Waals surface area (Å²) < 4.78 is 5.63. The standard InChI is InChI=1S/C24H27NO3S/c1-5-15-28-20-13-9-18(10-14-20)21-22(29-6-2)24(27)25(23(21)26)19-11-7-17(8-12-19)16(3)4/h7-14,16H,5-6,15H2,1-4H3. The molecule has 1 heterocycles. The van der Waals surface area contributed by atoms with Gasteiger partial charge in [-0.3, -0.25) is 9.59 Å². The number of ether oxygens (including phenoxy) is 1. The van der Waals surface area contributed by atoms with Crippen molar-refractivity contribution in [1.82, 2.24) is 0 Å². The van der Waals surface area contributed by atoms with E-state index in [2.05, 4.69) is 20.8 Å². The number of hydrogen-bond donors (Lipinski definition) is 0. The number of thioether (sulfide) groups is 1. The molecule has 2 aromatic rings. The van der Waals surface area contributed by atoms with Crippen LogP contribution in [0.3, 0.4) is 0 Å². The van der Waals surface area contributed by atoms with Crippen molar-refractivity contribution in [2.75, 3.05) is 17.3 Å². The van der Waals surface area contributed by atoms with Crippen LogP contribution in [-0.2, 0) is 9.59 Å². The number of carbonyl (C=O) groups excluding carboxylic acids is 2. The molecule has 0 spiro atoms. The number of benzene rings is 2. The van der Waals surface area contributed by atoms with Gasteiger partial charge in [0.1, 0.15) is 5.75 Å². The first kappa shape index (κ1) is 21.2. The van der Waals surface area contributed by atoms with Gasteiger partial charge in [-0.2, -0.15) is 0 Å². The fraction of sp³-hybridized carbons (Fsp3) is 0.333. The third-order valence-electron chi connectivity index (χ3n) is 4.76. The quantitative estimate of drug-likeness (QED) is 0.530. The minimum atomic E-state index is -0.273. The first-order chi connectivity index (χ1) is 14.0. The van der Waals surface area contributed by atoms with Gasteiger partial charge in [-0.15, -0.1) is 11.8 Å². The number of hydrogen-bond acceptors (Lipinski definition) is 4. The van der Waals surface area contributed by atoms with Crippen molar-refractivity contribution in [2.45, 2.75) is 40.0 Å². The minimum absolute atomic E-state index is 0.250. The summed E-state index contributed by atoms with van der Waals surface area (Å²) in [6.45, 7) is 8.92. The second-order valence-electron chi connectivity index (χ2n) is 7.20. The van der Waals surface area contributed by atoms with Gasteiger partial charge in [0.05, 0.1) is 22.8 Å². The van der Waals surface area contributed by atoms with Crippen molar-refractivity contribution in [2.24, 2.45) is 0 Å². The smallest absolute Gasteiger partial charge is 0.272 e. The lowest BCUT2D eigenvalue weighted by molar-refractivity contribution is -0.119. The summed E-state index contributed by atoms with van der Waals surface area (Å²) in [4.78, 5) is 28.2. The maximum absolute atomic E-state index is 13.3. The maximum Gasteiger partial charge on any atom is 0.272 e. The molecule has 1 aliphatic heterocycles. The first-order valence-corrected chi connectivity index (χ1v) is 11.1. The Balaban J connectivity index is 1.94. The van der Waals surface area contributed by atoms with E-state index in [1.165, 1.54) is 22.2 Å². The number of anilines is 1. The van der Waals surface area contributed by atoms with Crippen LogP contribution in [0.2, 0.25) is 0 Å². The Labute approximate surface area is 176 Å². The predicted molar refractivity (Wildman–Crippen MR) is 120 cm³/mol. The Morgan fingerprint density at radius 2 is 1.59 bits per heavy atom. The maximum atomic E-state index is 13.3. The van der Waals surface area contributed by atoms with Crippen LogP contribution in [0.1, 0.15) is 51.2 Å². The molecule has 0 saturated carbocycles. The molecule has 2 amide bonds. The molecule has 0 unspecified atom stereocenters. The Kier molecular flexibility index (Phi) is 6.80. The molecule has 0 aliphatic carbocycles. The molecule has 0 N–H and O–H groups in total. The Hall–Kier alpha value is -2.53. The van der Waals surface area contributed by atoms with Gasteiger partial charge in [0.25, 0.3) is 11.8 Å². The molecule has 0 radical (unpaired) electrons. The SMILES string of the molecule is CCCOc1ccc(C2=C(SCC)C(=O)N(c3ccc(C(C)C)cc3)C2=O)cc1. The Morgan fingerprint density at radius 3 is 2.14 bits per heavy atom. The summed E-state index contributed by atoms with van der Waals surface area (Å²) in [5, 5.41) is 0. The van der Waals surface area contributed by atoms with Crippen molar-refractivity contribution >= 4 is 34.8 Å². The van der Waals surface area contributed by atoms with Crippen molar-refractivity contribution in [3.8, 4) is 5.75 Å². The van der Waals surface area contributed by atoms with Crippen LogP contribution in [0.25, 0.3) is 5.57 Å². The summed E-state index contributed by atoms with van der Waals surface area (Å²) in [5.41, 5.74) is 2.99. The van der Waals surface area contributed by atoms with Gasteiger partial charge in [0, 0.05) is 0 Å². The second-order valence-corrected chi connectivity index (χ2v) is 8.48. The van der Waals surface area contributed by atoms with Crippen LogP contribution in [0.4, 0.5) is 5.69 Å². The second kappa shape index (κ2) is 9.31. The van der Waals surface area contributed by atoms with E-state index in [1.54, 1.807) is 0 Å². The highest BCUT2D eigenvalue weighted by Crippen LogP contribution is 2.38. The van der Waals surface area contributed by atoms with Crippen LogP contribution < -0.4 is 9.64 Å². The lowest BCUT2D eigenvalue weighted by Gasteiger charge is -2.16. The summed E-state index contributed by atoms with van der Waals surface area (Å²) in [7, 11) is 0. The van der Waals surface area contributed by atoms with Gasteiger partial charge in [-0.1, -0.05) is 52.0 Å². The number of nitrogens with zero attached hydrogens (tertiary/aromatic N) is 1. The fourth-order valence-corrected chi connectivity index (χ4v) is 4.08. The predicted octanol–water partition coefficient (Wildman–Crippen LogP) is 5.64. The van der Waals surface area contributed by atoms with Gasteiger partial charge in [0.2, 0.25) is 0 Å². The zero-order chi connectivity index (χ0) is 21.0. The van der Waals surface area contributed by atoms with Crippen LogP contribution in [-0.4, -0.2) is 24.2 Å². The van der Waals surface area contributed by atoms with Gasteiger partial charge in [0.15, 0.2) is 0 Å². The minimum Gasteiger partial charge on any atom is -0.494 e. The molecule has 0 bridgehead atoms. The van der Waals surface area contributed by atoms with E-state index < -0.39 is 0 Å². The van der Waals surface area contributed by atoms with Crippen molar-refractivity contribution in [1.29, 1.82) is 0 Å². The summed E-state index contributed by atoms with van der Waals surface area (Å²) in [6, 6.07) is 15.1. The third kappa shape index (κ3) is 4.40. The Morgan fingerprint density at radius 1 is 0.931 bits per heavy atom. The van der Waals surface area contributed by atoms with E-state index >= 15 is 0 Å². The zero-order valence-corrected chi connectivity index (χ0v) is 18.2. The van der Waals surface area contributed by atoms with E-state index in [9.17, 15) is 9.59 Å². The summed E-state index contributed by atoms with van der Waals surface area (Å²) >= 11 is 1.41. The fourth-order valence-electron chi connectivity index (χ4n) is 3.22. The van der Waals surface area contributed by atoms with E-state index in [0.29, 0.717) is 28.7 Å². The van der Waals surface area contributed by atoms with Gasteiger partial charge < -0.3 is 4.74 Å². The molecule has 0 saturated heterocycles. The zero-order valence-electron chi connectivity index (χ0n) is 17.4. The number of amides is 2. The number of carbonyl (C=O) groups is 2. The highest BCUT2D eigenvalue weighted by Gasteiger charge is 2.39.